The maximum absolute atomic E-state index is 12.2. The molecule has 0 spiro atoms. The van der Waals surface area contributed by atoms with Crippen molar-refractivity contribution in [2.24, 2.45) is 0 Å². The number of amides is 1. The van der Waals surface area contributed by atoms with Crippen LogP contribution in [0.15, 0.2) is 53.1 Å². The minimum atomic E-state index is -0.367. The van der Waals surface area contributed by atoms with E-state index in [-0.39, 0.29) is 18.3 Å². The standard InChI is InChI=1S/C22H22ClN3O4/c1-2-3-13-29-22(28)15-7-9-18(10-8-15)24-19(27)11-12-20-25-21(26-30-20)16-5-4-6-17(23)14-16/h4-10,14H,2-3,11-13H2,1H3,(H,24,27). The van der Waals surface area contributed by atoms with E-state index in [0.29, 0.717) is 41.0 Å². The summed E-state index contributed by atoms with van der Waals surface area (Å²) in [6, 6.07) is 13.7. The number of benzene rings is 2. The van der Waals surface area contributed by atoms with Gasteiger partial charge in [-0.2, -0.15) is 4.98 Å². The number of unbranched alkanes of at least 4 members (excludes halogenated alkanes) is 1. The number of rotatable bonds is 9. The van der Waals surface area contributed by atoms with E-state index >= 15 is 0 Å². The molecule has 0 aliphatic heterocycles. The van der Waals surface area contributed by atoms with E-state index in [1.54, 1.807) is 42.5 Å². The molecule has 0 saturated heterocycles. The zero-order valence-electron chi connectivity index (χ0n) is 16.6. The number of ether oxygens (including phenoxy) is 1. The number of anilines is 1. The lowest BCUT2D eigenvalue weighted by Crippen LogP contribution is -2.13. The summed E-state index contributed by atoms with van der Waals surface area (Å²) in [5.74, 6) is 0.226. The number of carbonyl (C=O) groups is 2. The third-order valence-corrected chi connectivity index (χ3v) is 4.49. The van der Waals surface area contributed by atoms with E-state index in [1.807, 2.05) is 13.0 Å². The van der Waals surface area contributed by atoms with Crippen LogP contribution in [0, 0.1) is 0 Å². The van der Waals surface area contributed by atoms with Gasteiger partial charge in [0, 0.05) is 29.1 Å². The molecule has 0 atom stereocenters. The Bertz CT molecular complexity index is 1000. The molecule has 0 radical (unpaired) electrons. The molecule has 2 aromatic carbocycles. The van der Waals surface area contributed by atoms with Crippen molar-refractivity contribution < 1.29 is 18.8 Å². The number of aryl methyl sites for hydroxylation is 1. The topological polar surface area (TPSA) is 94.3 Å². The fourth-order valence-electron chi connectivity index (χ4n) is 2.63. The van der Waals surface area contributed by atoms with Crippen LogP contribution in [0.5, 0.6) is 0 Å². The van der Waals surface area contributed by atoms with Crippen molar-refractivity contribution in [3.05, 3.63) is 65.0 Å². The first-order chi connectivity index (χ1) is 14.5. The smallest absolute Gasteiger partial charge is 0.338 e. The first-order valence-electron chi connectivity index (χ1n) is 9.70. The molecular weight excluding hydrogens is 406 g/mol. The number of esters is 1. The first kappa shape index (κ1) is 21.5. The highest BCUT2D eigenvalue weighted by Gasteiger charge is 2.12. The molecule has 8 heteroatoms. The summed E-state index contributed by atoms with van der Waals surface area (Å²) in [6.07, 6.45) is 2.28. The summed E-state index contributed by atoms with van der Waals surface area (Å²) in [4.78, 5) is 28.4. The van der Waals surface area contributed by atoms with Crippen molar-refractivity contribution in [2.45, 2.75) is 32.6 Å². The molecule has 3 rings (SSSR count). The fourth-order valence-corrected chi connectivity index (χ4v) is 2.82. The molecule has 0 fully saturated rings. The third kappa shape index (κ3) is 6.15. The van der Waals surface area contributed by atoms with Crippen molar-refractivity contribution in [1.29, 1.82) is 0 Å². The van der Waals surface area contributed by atoms with E-state index in [9.17, 15) is 9.59 Å². The summed E-state index contributed by atoms with van der Waals surface area (Å²) in [5.41, 5.74) is 1.79. The Hall–Kier alpha value is -3.19. The number of carbonyl (C=O) groups excluding carboxylic acids is 2. The second kappa shape index (κ2) is 10.5. The molecule has 30 heavy (non-hydrogen) atoms. The van der Waals surface area contributed by atoms with Gasteiger partial charge >= 0.3 is 5.97 Å². The Balaban J connectivity index is 1.48. The minimum absolute atomic E-state index is 0.179. The molecule has 0 unspecified atom stereocenters. The second-order valence-corrected chi connectivity index (χ2v) is 7.07. The van der Waals surface area contributed by atoms with Crippen LogP contribution in [-0.4, -0.2) is 28.6 Å². The molecule has 0 aliphatic carbocycles. The lowest BCUT2D eigenvalue weighted by Gasteiger charge is -2.06. The molecule has 0 saturated carbocycles. The van der Waals surface area contributed by atoms with Crippen molar-refractivity contribution in [3.8, 4) is 11.4 Å². The number of halogens is 1. The Morgan fingerprint density at radius 1 is 1.17 bits per heavy atom. The molecule has 7 nitrogen and oxygen atoms in total. The molecule has 1 amide bonds. The van der Waals surface area contributed by atoms with Crippen LogP contribution in [0.4, 0.5) is 5.69 Å². The van der Waals surface area contributed by atoms with Crippen LogP contribution < -0.4 is 5.32 Å². The Morgan fingerprint density at radius 3 is 2.70 bits per heavy atom. The largest absolute Gasteiger partial charge is 0.462 e. The van der Waals surface area contributed by atoms with E-state index in [4.69, 9.17) is 20.9 Å². The van der Waals surface area contributed by atoms with Gasteiger partial charge in [0.15, 0.2) is 0 Å². The van der Waals surface area contributed by atoms with Gasteiger partial charge in [-0.25, -0.2) is 4.79 Å². The molecule has 3 aromatic rings. The Labute approximate surface area is 179 Å². The number of nitrogens with zero attached hydrogens (tertiary/aromatic N) is 2. The van der Waals surface area contributed by atoms with Gasteiger partial charge in [0.25, 0.3) is 0 Å². The van der Waals surface area contributed by atoms with E-state index in [1.165, 1.54) is 0 Å². The average molecular weight is 428 g/mol. The van der Waals surface area contributed by atoms with Gasteiger partial charge in [-0.05, 0) is 42.8 Å². The Kier molecular flexibility index (Phi) is 7.57. The van der Waals surface area contributed by atoms with Crippen LogP contribution in [0.25, 0.3) is 11.4 Å². The fraction of sp³-hybridized carbons (Fsp3) is 0.273. The predicted octanol–water partition coefficient (Wildman–Crippen LogP) is 4.92. The summed E-state index contributed by atoms with van der Waals surface area (Å²) in [5, 5.41) is 7.28. The van der Waals surface area contributed by atoms with Crippen molar-refractivity contribution in [1.82, 2.24) is 10.1 Å². The third-order valence-electron chi connectivity index (χ3n) is 4.25. The highest BCUT2D eigenvalue weighted by Crippen LogP contribution is 2.20. The summed E-state index contributed by atoms with van der Waals surface area (Å²) >= 11 is 5.97. The van der Waals surface area contributed by atoms with Crippen LogP contribution in [0.1, 0.15) is 42.4 Å². The Morgan fingerprint density at radius 2 is 1.97 bits per heavy atom. The second-order valence-electron chi connectivity index (χ2n) is 6.64. The van der Waals surface area contributed by atoms with Gasteiger partial charge in [0.1, 0.15) is 0 Å². The van der Waals surface area contributed by atoms with Crippen LogP contribution in [-0.2, 0) is 16.0 Å². The molecular formula is C22H22ClN3O4. The summed E-state index contributed by atoms with van der Waals surface area (Å²) in [7, 11) is 0. The summed E-state index contributed by atoms with van der Waals surface area (Å²) in [6.45, 7) is 2.44. The van der Waals surface area contributed by atoms with Crippen LogP contribution >= 0.6 is 11.6 Å². The SMILES string of the molecule is CCCCOC(=O)c1ccc(NC(=O)CCc2nc(-c3cccc(Cl)c3)no2)cc1. The van der Waals surface area contributed by atoms with Gasteiger partial charge in [-0.15, -0.1) is 0 Å². The molecule has 0 aliphatic rings. The van der Waals surface area contributed by atoms with Gasteiger partial charge in [-0.1, -0.05) is 42.2 Å². The molecule has 0 bridgehead atoms. The predicted molar refractivity (Wildman–Crippen MR) is 113 cm³/mol. The molecule has 1 aromatic heterocycles. The number of hydrogen-bond donors (Lipinski definition) is 1. The van der Waals surface area contributed by atoms with Crippen molar-refractivity contribution in [2.75, 3.05) is 11.9 Å². The van der Waals surface area contributed by atoms with Crippen molar-refractivity contribution >= 4 is 29.2 Å². The minimum Gasteiger partial charge on any atom is -0.462 e. The lowest BCUT2D eigenvalue weighted by atomic mass is 10.2. The highest BCUT2D eigenvalue weighted by atomic mass is 35.5. The van der Waals surface area contributed by atoms with Crippen LogP contribution in [0.2, 0.25) is 5.02 Å². The monoisotopic (exact) mass is 427 g/mol. The molecule has 1 N–H and O–H groups in total. The van der Waals surface area contributed by atoms with Crippen LogP contribution in [0.3, 0.4) is 0 Å². The summed E-state index contributed by atoms with van der Waals surface area (Å²) < 4.78 is 10.4. The maximum atomic E-state index is 12.2. The lowest BCUT2D eigenvalue weighted by molar-refractivity contribution is -0.116. The average Bonchev–Trinajstić information content (AvgIpc) is 3.22. The number of aromatic nitrogens is 2. The van der Waals surface area contributed by atoms with Gasteiger partial charge < -0.3 is 14.6 Å². The van der Waals surface area contributed by atoms with E-state index < -0.39 is 0 Å². The van der Waals surface area contributed by atoms with Gasteiger partial charge in [0.05, 0.1) is 12.2 Å². The van der Waals surface area contributed by atoms with E-state index in [2.05, 4.69) is 15.5 Å². The quantitative estimate of drug-likeness (QED) is 0.384. The van der Waals surface area contributed by atoms with Gasteiger partial charge in [-0.3, -0.25) is 4.79 Å². The first-order valence-corrected chi connectivity index (χ1v) is 10.1. The molecule has 1 heterocycles. The zero-order valence-corrected chi connectivity index (χ0v) is 17.3. The molecule has 156 valence electrons. The highest BCUT2D eigenvalue weighted by molar-refractivity contribution is 6.30. The number of nitrogens with one attached hydrogen (secondary N) is 1. The van der Waals surface area contributed by atoms with Gasteiger partial charge in [0.2, 0.25) is 17.6 Å². The number of hydrogen-bond acceptors (Lipinski definition) is 6. The zero-order chi connectivity index (χ0) is 21.3. The van der Waals surface area contributed by atoms with E-state index in [0.717, 1.165) is 18.4 Å². The van der Waals surface area contributed by atoms with Crippen molar-refractivity contribution in [3.63, 3.8) is 0 Å². The normalized spacial score (nSPS) is 10.6. The maximum Gasteiger partial charge on any atom is 0.338 e.